The molecule has 0 aliphatic heterocycles. The van der Waals surface area contributed by atoms with Crippen LogP contribution in [0, 0.1) is 0 Å². The van der Waals surface area contributed by atoms with Crippen molar-refractivity contribution in [2.24, 2.45) is 0 Å². The second kappa shape index (κ2) is 4.41. The minimum atomic E-state index is -6.00. The molecule has 7 heavy (non-hydrogen) atoms. The Hall–Kier alpha value is 0.251. The Morgan fingerprint density at radius 1 is 0.857 bits per heavy atom. The summed E-state index contributed by atoms with van der Waals surface area (Å²) in [7, 11) is -6.00. The van der Waals surface area contributed by atoms with E-state index in [-0.39, 0.29) is 22.3 Å². The summed E-state index contributed by atoms with van der Waals surface area (Å²) in [5.41, 5.74) is 0. The molecule has 7 heteroatoms. The smallest absolute Gasteiger partial charge is 0.418 e. The molecule has 0 saturated carbocycles. The zero-order valence-corrected chi connectivity index (χ0v) is 3.96. The summed E-state index contributed by atoms with van der Waals surface area (Å²) in [6.07, 6.45) is 0. The van der Waals surface area contributed by atoms with E-state index >= 15 is 0 Å². The molecular weight excluding hydrogens is 162 g/mol. The quantitative estimate of drug-likeness (QED) is 0.368. The molecule has 0 rings (SSSR count). The molecule has 0 amide bonds. The molecule has 1 radical (unpaired) electrons. The van der Waals surface area contributed by atoms with Crippen LogP contribution >= 0.6 is 0 Å². The first-order valence-corrected chi connectivity index (χ1v) is 0.873. The van der Waals surface area contributed by atoms with Crippen molar-refractivity contribution < 1.29 is 39.5 Å². The molecule has 2 N–H and O–H groups in total. The fourth-order valence-corrected chi connectivity index (χ4v) is 0. The molecule has 0 atom stereocenters. The second-order valence-corrected chi connectivity index (χ2v) is 0.495. The Bertz CT molecular complexity index is 27.2. The number of hydrogen-bond acceptors (Lipinski definition) is 0. The van der Waals surface area contributed by atoms with E-state index in [1.54, 1.807) is 0 Å². The molecule has 0 aromatic heterocycles. The van der Waals surface area contributed by atoms with Crippen LogP contribution in [0.5, 0.6) is 0 Å². The first-order chi connectivity index (χ1) is 2.00. The third kappa shape index (κ3) is 1790. The number of rotatable bonds is 0. The third-order valence-corrected chi connectivity index (χ3v) is 0. The first kappa shape index (κ1) is 15.7. The van der Waals surface area contributed by atoms with Crippen molar-refractivity contribution in [1.82, 2.24) is 0 Å². The van der Waals surface area contributed by atoms with Gasteiger partial charge in [-0.15, -0.1) is 0 Å². The van der Waals surface area contributed by atoms with Crippen LogP contribution < -0.4 is 0 Å². The topological polar surface area (TPSA) is 31.5 Å². The average Bonchev–Trinajstić information content (AvgIpc) is 0.722. The van der Waals surface area contributed by atoms with Gasteiger partial charge in [0.1, 0.15) is 0 Å². The van der Waals surface area contributed by atoms with Gasteiger partial charge in [-0.1, -0.05) is 0 Å². The van der Waals surface area contributed by atoms with Gasteiger partial charge in [0.15, 0.2) is 0 Å². The molecule has 0 spiro atoms. The van der Waals surface area contributed by atoms with Crippen LogP contribution in [0.2, 0.25) is 0 Å². The van der Waals surface area contributed by atoms with Crippen molar-refractivity contribution >= 4 is 7.25 Å². The van der Waals surface area contributed by atoms with E-state index in [0.717, 1.165) is 0 Å². The summed E-state index contributed by atoms with van der Waals surface area (Å²) in [6, 6.07) is 0. The molecule has 0 aromatic carbocycles. The molecule has 0 bridgehead atoms. The van der Waals surface area contributed by atoms with Crippen molar-refractivity contribution in [3.8, 4) is 0 Å². The summed E-state index contributed by atoms with van der Waals surface area (Å²) >= 11 is 0. The van der Waals surface area contributed by atoms with E-state index in [1.165, 1.54) is 0 Å². The average molecular weight is 164 g/mol. The van der Waals surface area contributed by atoms with Gasteiger partial charge in [-0.25, -0.2) is 0 Å². The fraction of sp³-hybridized carbons (Fsp3) is 0. The molecule has 0 aliphatic carbocycles. The van der Waals surface area contributed by atoms with Crippen LogP contribution in [0.3, 0.4) is 0 Å². The predicted molar refractivity (Wildman–Crippen MR) is 13.8 cm³/mol. The van der Waals surface area contributed by atoms with E-state index in [1.807, 2.05) is 0 Å². The maximum Gasteiger partial charge on any atom is 2.00 e. The molecule has 0 aliphatic rings. The molecule has 47 valence electrons. The van der Waals surface area contributed by atoms with Crippen molar-refractivity contribution in [3.05, 3.63) is 0 Å². The van der Waals surface area contributed by atoms with Gasteiger partial charge in [-0.3, -0.25) is 0 Å². The van der Waals surface area contributed by atoms with Crippen molar-refractivity contribution in [3.63, 3.8) is 0 Å². The van der Waals surface area contributed by atoms with Gasteiger partial charge in [0, 0.05) is 0 Å². The van der Waals surface area contributed by atoms with E-state index < -0.39 is 7.25 Å². The zero-order valence-electron chi connectivity index (χ0n) is 2.92. The van der Waals surface area contributed by atoms with E-state index in [0.29, 0.717) is 0 Å². The van der Waals surface area contributed by atoms with Gasteiger partial charge >= 0.3 is 24.0 Å². The minimum Gasteiger partial charge on any atom is -0.418 e. The number of hydrogen-bond donors (Lipinski definition) is 0. The van der Waals surface area contributed by atoms with Crippen molar-refractivity contribution in [2.75, 3.05) is 0 Å². The minimum absolute atomic E-state index is 0. The van der Waals surface area contributed by atoms with Gasteiger partial charge in [-0.2, -0.15) is 0 Å². The van der Waals surface area contributed by atoms with Crippen LogP contribution in [-0.2, 0) is 16.8 Å². The molecule has 0 unspecified atom stereocenters. The van der Waals surface area contributed by atoms with Crippen molar-refractivity contribution in [1.29, 1.82) is 0 Å². The summed E-state index contributed by atoms with van der Waals surface area (Å²) < 4.78 is 39.0. The Labute approximate surface area is 47.7 Å². The van der Waals surface area contributed by atoms with Gasteiger partial charge in [0.05, 0.1) is 0 Å². The zero-order chi connectivity index (χ0) is 4.50. The molecule has 1 nitrogen and oxygen atoms in total. The second-order valence-electron chi connectivity index (χ2n) is 0.495. The van der Waals surface area contributed by atoms with Crippen LogP contribution in [0.4, 0.5) is 17.3 Å². The van der Waals surface area contributed by atoms with Crippen LogP contribution in [0.25, 0.3) is 0 Å². The molecule has 0 saturated heterocycles. The van der Waals surface area contributed by atoms with Crippen molar-refractivity contribution in [2.45, 2.75) is 0 Å². The molecule has 0 aromatic rings. The Kier molecular flexibility index (Phi) is 9.88. The molecule has 0 heterocycles. The first-order valence-electron chi connectivity index (χ1n) is 0.873. The SMILES string of the molecule is F[B-](F)(F)F.O.[Co+2]. The van der Waals surface area contributed by atoms with Crippen LogP contribution in [0.1, 0.15) is 0 Å². The third-order valence-electron chi connectivity index (χ3n) is 0. The standard InChI is InChI=1S/BF4.Co.H2O/c2-1(3,4)5;;/h;;1H2/q-1;+2;. The fourth-order valence-electron chi connectivity index (χ4n) is 0. The summed E-state index contributed by atoms with van der Waals surface area (Å²) in [5, 5.41) is 0. The van der Waals surface area contributed by atoms with Crippen LogP contribution in [-0.4, -0.2) is 12.7 Å². The van der Waals surface area contributed by atoms with Gasteiger partial charge < -0.3 is 22.7 Å². The van der Waals surface area contributed by atoms with E-state index in [2.05, 4.69) is 0 Å². The summed E-state index contributed by atoms with van der Waals surface area (Å²) in [5.74, 6) is 0. The Morgan fingerprint density at radius 2 is 0.857 bits per heavy atom. The number of halogens is 4. The molecular formula is H2BCoF4O+. The normalized spacial score (nSPS) is 8.57. The van der Waals surface area contributed by atoms with E-state index in [9.17, 15) is 17.3 Å². The van der Waals surface area contributed by atoms with Gasteiger partial charge in [0.2, 0.25) is 0 Å². The van der Waals surface area contributed by atoms with E-state index in [4.69, 9.17) is 0 Å². The van der Waals surface area contributed by atoms with Gasteiger partial charge in [-0.05, 0) is 0 Å². The predicted octanol–water partition coefficient (Wildman–Crippen LogP) is 0.473. The Balaban J connectivity index is -0.0000000800. The van der Waals surface area contributed by atoms with Crippen LogP contribution in [0.15, 0.2) is 0 Å². The Morgan fingerprint density at radius 3 is 0.857 bits per heavy atom. The largest absolute Gasteiger partial charge is 2.00 e. The summed E-state index contributed by atoms with van der Waals surface area (Å²) in [4.78, 5) is 0. The van der Waals surface area contributed by atoms with Gasteiger partial charge in [0.25, 0.3) is 0 Å². The maximum atomic E-state index is 9.75. The molecule has 0 fully saturated rings. The monoisotopic (exact) mass is 164 g/mol. The maximum absolute atomic E-state index is 9.75. The summed E-state index contributed by atoms with van der Waals surface area (Å²) in [6.45, 7) is 0.